The third-order valence-electron chi connectivity index (χ3n) is 9.38. The third-order valence-corrected chi connectivity index (χ3v) is 9.38. The minimum atomic E-state index is -1.92. The van der Waals surface area contributed by atoms with Gasteiger partial charge in [-0.15, -0.1) is 6.58 Å². The summed E-state index contributed by atoms with van der Waals surface area (Å²) in [5.41, 5.74) is 3.73. The zero-order chi connectivity index (χ0) is 38.7. The number of nitrogens with zero attached hydrogens (tertiary/aromatic N) is 2. The first-order valence-electron chi connectivity index (χ1n) is 17.2. The van der Waals surface area contributed by atoms with Gasteiger partial charge in [0.05, 0.1) is 36.3 Å². The number of methoxy groups -OCH3 is 1. The Morgan fingerprint density at radius 1 is 1.13 bits per heavy atom. The van der Waals surface area contributed by atoms with Crippen molar-refractivity contribution in [2.45, 2.75) is 69.9 Å². The average molecular weight is 728 g/mol. The predicted octanol–water partition coefficient (Wildman–Crippen LogP) is 3.77. The van der Waals surface area contributed by atoms with Crippen LogP contribution in [-0.2, 0) is 23.9 Å². The van der Waals surface area contributed by atoms with Gasteiger partial charge >= 0.3 is 12.1 Å². The number of alkyl carbamates (subject to hydrolysis) is 1. The van der Waals surface area contributed by atoms with Crippen molar-refractivity contribution in [2.75, 3.05) is 20.2 Å². The third kappa shape index (κ3) is 8.02. The number of likely N-dealkylation sites (tertiary alicyclic amines) is 1. The summed E-state index contributed by atoms with van der Waals surface area (Å²) >= 11 is 0. The van der Waals surface area contributed by atoms with E-state index < -0.39 is 64.4 Å². The number of aromatic nitrogens is 1. The van der Waals surface area contributed by atoms with Crippen molar-refractivity contribution < 1.29 is 43.3 Å². The molecule has 2 heterocycles. The first-order valence-corrected chi connectivity index (χ1v) is 17.2. The molecule has 5 N–H and O–H groups in total. The number of carbonyl (C=O) groups is 5. The molecule has 1 saturated heterocycles. The summed E-state index contributed by atoms with van der Waals surface area (Å²) in [4.78, 5) is 72.5. The van der Waals surface area contributed by atoms with E-state index in [2.05, 4.69) is 17.2 Å². The zero-order valence-corrected chi connectivity index (χ0v) is 30.4. The van der Waals surface area contributed by atoms with Gasteiger partial charge < -0.3 is 40.6 Å². The number of aliphatic carboxylic acids is 1. The summed E-state index contributed by atoms with van der Waals surface area (Å²) in [7, 11) is 1.55. The number of amides is 3. The molecule has 2 aliphatic rings. The Kier molecular flexibility index (Phi) is 10.9. The molecule has 5 rings (SSSR count). The van der Waals surface area contributed by atoms with E-state index in [0.717, 1.165) is 5.56 Å². The van der Waals surface area contributed by atoms with Crippen molar-refractivity contribution in [2.24, 2.45) is 11.1 Å². The van der Waals surface area contributed by atoms with Crippen LogP contribution in [0.4, 0.5) is 4.79 Å². The topological polar surface area (TPSA) is 199 Å². The minimum absolute atomic E-state index is 0.0411. The van der Waals surface area contributed by atoms with E-state index in [1.165, 1.54) is 23.1 Å². The first-order chi connectivity index (χ1) is 25.1. The predicted molar refractivity (Wildman–Crippen MR) is 196 cm³/mol. The van der Waals surface area contributed by atoms with E-state index >= 15 is 0 Å². The monoisotopic (exact) mass is 727 g/mol. The summed E-state index contributed by atoms with van der Waals surface area (Å²) in [5, 5.41) is 15.7. The van der Waals surface area contributed by atoms with Gasteiger partial charge in [0.2, 0.25) is 11.8 Å². The van der Waals surface area contributed by atoms with Gasteiger partial charge in [0.1, 0.15) is 34.8 Å². The number of carbonyl (C=O) groups excluding carboxylic acids is 4. The van der Waals surface area contributed by atoms with Gasteiger partial charge in [-0.2, -0.15) is 0 Å². The Hall–Kier alpha value is -5.76. The van der Waals surface area contributed by atoms with Gasteiger partial charge in [0.15, 0.2) is 5.78 Å². The summed E-state index contributed by atoms with van der Waals surface area (Å²) < 4.78 is 17.5. The Balaban J connectivity index is 1.54. The molecule has 2 fully saturated rings. The Bertz CT molecular complexity index is 1960. The second-order valence-electron chi connectivity index (χ2n) is 14.2. The molecule has 0 bridgehead atoms. The lowest BCUT2D eigenvalue weighted by molar-refractivity contribution is -0.144. The van der Waals surface area contributed by atoms with Gasteiger partial charge in [0, 0.05) is 36.0 Å². The fraction of sp³-hybridized carbons (Fsp3) is 0.385. The maximum atomic E-state index is 14.5. The number of rotatable bonds is 13. The molecule has 0 unspecified atom stereocenters. The number of nitrogens with two attached hydrogens (primary N) is 1. The van der Waals surface area contributed by atoms with Crippen LogP contribution in [0.25, 0.3) is 22.2 Å². The van der Waals surface area contributed by atoms with Crippen molar-refractivity contribution >= 4 is 40.6 Å². The largest absolute Gasteiger partial charge is 0.497 e. The smallest absolute Gasteiger partial charge is 0.408 e. The number of pyridine rings is 1. The number of hydrogen-bond acceptors (Lipinski definition) is 10. The van der Waals surface area contributed by atoms with Crippen LogP contribution in [0.1, 0.15) is 40.5 Å². The number of fused-ring (bicyclic) bond motifs is 1. The Morgan fingerprint density at radius 3 is 2.45 bits per heavy atom. The van der Waals surface area contributed by atoms with Crippen LogP contribution in [0, 0.1) is 5.41 Å². The molecule has 53 heavy (non-hydrogen) atoms. The quantitative estimate of drug-likeness (QED) is 0.148. The number of carboxylic acids is 1. The summed E-state index contributed by atoms with van der Waals surface area (Å²) in [6, 6.07) is 14.0. The minimum Gasteiger partial charge on any atom is -0.497 e. The van der Waals surface area contributed by atoms with E-state index in [9.17, 15) is 29.1 Å². The van der Waals surface area contributed by atoms with Gasteiger partial charge in [-0.3, -0.25) is 19.2 Å². The fourth-order valence-electron chi connectivity index (χ4n) is 6.60. The molecule has 1 aliphatic carbocycles. The highest BCUT2D eigenvalue weighted by Gasteiger charge is 2.74. The molecule has 5 atom stereocenters. The van der Waals surface area contributed by atoms with Crippen molar-refractivity contribution in [1.29, 1.82) is 0 Å². The lowest BCUT2D eigenvalue weighted by Gasteiger charge is -2.31. The van der Waals surface area contributed by atoms with E-state index in [0.29, 0.717) is 28.1 Å². The second kappa shape index (κ2) is 15.1. The molecule has 14 heteroatoms. The summed E-state index contributed by atoms with van der Waals surface area (Å²) in [6.07, 6.45) is 2.03. The molecule has 1 saturated carbocycles. The first kappa shape index (κ1) is 38.5. The van der Waals surface area contributed by atoms with E-state index in [1.807, 2.05) is 30.3 Å². The molecular weight excluding hydrogens is 682 g/mol. The Labute approximate surface area is 307 Å². The van der Waals surface area contributed by atoms with Crippen molar-refractivity contribution in [3.8, 4) is 22.8 Å². The number of Topliss-reactive ketones (excluding diaryl/α,β-unsaturated/α-hetero) is 1. The highest BCUT2D eigenvalue weighted by molar-refractivity contribution is 6.06. The van der Waals surface area contributed by atoms with Crippen molar-refractivity contribution in [1.82, 2.24) is 20.5 Å². The van der Waals surface area contributed by atoms with Gasteiger partial charge in [0.25, 0.3) is 0 Å². The fourth-order valence-corrected chi connectivity index (χ4v) is 6.60. The van der Waals surface area contributed by atoms with Crippen LogP contribution in [0.15, 0.2) is 79.4 Å². The SMILES string of the molecule is C=C[C@@]1(C(=O)[C@@H]2C[C@@H](Oc3cc(-c4ccccc4)nc4cc(OC)ccc34)CN2C(=O)[C@H](CNC(=O)C=CC)NC(=O)OC(C)(C)C)C[C@]1(N)C(=O)O. The number of hydrogen-bond donors (Lipinski definition) is 4. The van der Waals surface area contributed by atoms with E-state index in [4.69, 9.17) is 24.9 Å². The number of benzene rings is 2. The van der Waals surface area contributed by atoms with Crippen LogP contribution in [0.5, 0.6) is 11.5 Å². The number of nitrogens with one attached hydrogen (secondary N) is 2. The lowest BCUT2D eigenvalue weighted by atomic mass is 9.88. The van der Waals surface area contributed by atoms with Gasteiger partial charge in [-0.1, -0.05) is 42.5 Å². The van der Waals surface area contributed by atoms with Crippen molar-refractivity contribution in [3.05, 3.63) is 79.4 Å². The molecule has 280 valence electrons. The van der Waals surface area contributed by atoms with Crippen LogP contribution >= 0.6 is 0 Å². The number of ether oxygens (including phenoxy) is 3. The van der Waals surface area contributed by atoms with Gasteiger partial charge in [-0.25, -0.2) is 9.78 Å². The van der Waals surface area contributed by atoms with Gasteiger partial charge in [-0.05, 0) is 52.3 Å². The van der Waals surface area contributed by atoms with Crippen LogP contribution in [0.3, 0.4) is 0 Å². The molecule has 3 aromatic rings. The molecule has 14 nitrogen and oxygen atoms in total. The van der Waals surface area contributed by atoms with Crippen LogP contribution < -0.4 is 25.8 Å². The molecule has 2 aromatic carbocycles. The molecule has 1 aliphatic heterocycles. The zero-order valence-electron chi connectivity index (χ0n) is 30.4. The molecule has 0 radical (unpaired) electrons. The second-order valence-corrected chi connectivity index (χ2v) is 14.2. The standard InChI is InChI=1S/C39H45N5O9/c1-7-12-32(45)41-20-29(43-36(50)53-37(3,4)5)34(47)44-21-25(18-30(44)33(46)38(8-2)22-39(38,40)35(48)49)52-31-19-27(23-13-10-9-11-14-23)42-28-17-24(51-6)15-16-26(28)31/h7-17,19,25,29-30H,2,18,20-22,40H2,1,3-6H3,(H,41,45)(H,43,50)(H,48,49)/t25-,29+,30+,38+,39+/m1/s1. The maximum Gasteiger partial charge on any atom is 0.408 e. The number of allylic oxidation sites excluding steroid dienone is 1. The normalized spacial score (nSPS) is 22.9. The molecule has 3 amide bonds. The highest BCUT2D eigenvalue weighted by atomic mass is 16.6. The highest BCUT2D eigenvalue weighted by Crippen LogP contribution is 2.57. The maximum absolute atomic E-state index is 14.5. The van der Waals surface area contributed by atoms with Crippen LogP contribution in [-0.4, -0.2) is 94.2 Å². The Morgan fingerprint density at radius 2 is 1.85 bits per heavy atom. The average Bonchev–Trinajstić information content (AvgIpc) is 3.56. The van der Waals surface area contributed by atoms with E-state index in [1.54, 1.807) is 59.1 Å². The number of carboxylic acid groups (broad SMARTS) is 1. The van der Waals surface area contributed by atoms with Crippen LogP contribution in [0.2, 0.25) is 0 Å². The van der Waals surface area contributed by atoms with E-state index in [-0.39, 0.29) is 25.9 Å². The summed E-state index contributed by atoms with van der Waals surface area (Å²) in [6.45, 7) is 9.87. The number of ketones is 1. The summed E-state index contributed by atoms with van der Waals surface area (Å²) in [5.74, 6) is -2.24. The molecular formula is C39H45N5O9. The molecule has 0 spiro atoms. The van der Waals surface area contributed by atoms with Crippen molar-refractivity contribution in [3.63, 3.8) is 0 Å². The lowest BCUT2D eigenvalue weighted by Crippen LogP contribution is -2.57. The molecule has 1 aromatic heterocycles.